The highest BCUT2D eigenvalue weighted by atomic mass is 79.9. The summed E-state index contributed by atoms with van der Waals surface area (Å²) in [7, 11) is -0.635. The maximum Gasteiger partial charge on any atom is 0.0612 e. The molecule has 5 rings (SSSR count). The Morgan fingerprint density at radius 3 is 1.60 bits per heavy atom. The molecule has 0 unspecified atom stereocenters. The fourth-order valence-corrected chi connectivity index (χ4v) is 9.05. The van der Waals surface area contributed by atoms with Gasteiger partial charge in [0.15, 0.2) is 0 Å². The first-order valence-electron chi connectivity index (χ1n) is 17.0. The molecule has 0 aliphatic rings. The zero-order valence-electron chi connectivity index (χ0n) is 28.0. The lowest BCUT2D eigenvalue weighted by molar-refractivity contribution is 0.531. The van der Waals surface area contributed by atoms with Gasteiger partial charge >= 0.3 is 0 Å². The van der Waals surface area contributed by atoms with Crippen LogP contribution in [-0.4, -0.2) is 9.52 Å². The molecule has 0 fully saturated rings. The first kappa shape index (κ1) is 35.1. The maximum atomic E-state index is 3.64. The fourth-order valence-electron chi connectivity index (χ4n) is 6.30. The van der Waals surface area contributed by atoms with E-state index in [0.29, 0.717) is 5.04 Å². The van der Waals surface area contributed by atoms with E-state index in [2.05, 4.69) is 192 Å². The lowest BCUT2D eigenvalue weighted by atomic mass is 9.94. The van der Waals surface area contributed by atoms with Crippen LogP contribution in [0.25, 0.3) is 23.3 Å². The third kappa shape index (κ3) is 10.4. The SMILES string of the molecule is CCCCCCCC(C)(C)[SiH2]c1cc(C=C(c2ccccc2)c2ccc(Br)cc2)ccc1C=C(c1ccccc1)c1ccc(Br)cc1. The highest BCUT2D eigenvalue weighted by Crippen LogP contribution is 2.33. The summed E-state index contributed by atoms with van der Waals surface area (Å²) >= 11 is 7.27. The Labute approximate surface area is 302 Å². The van der Waals surface area contributed by atoms with Gasteiger partial charge in [-0.05, 0) is 86.0 Å². The number of unbranched alkanes of at least 4 members (excludes halogenated alkanes) is 4. The van der Waals surface area contributed by atoms with E-state index in [0.717, 1.165) is 8.95 Å². The molecule has 0 aromatic heterocycles. The molecule has 0 nitrogen and oxygen atoms in total. The highest BCUT2D eigenvalue weighted by Gasteiger charge is 2.21. The number of rotatable bonds is 14. The smallest absolute Gasteiger partial charge is 0.0612 e. The Hall–Kier alpha value is -3.24. The topological polar surface area (TPSA) is 0 Å². The Morgan fingerprint density at radius 2 is 1.06 bits per heavy atom. The van der Waals surface area contributed by atoms with Crippen LogP contribution >= 0.6 is 31.9 Å². The Kier molecular flexibility index (Phi) is 12.9. The van der Waals surface area contributed by atoms with Gasteiger partial charge in [-0.3, -0.25) is 0 Å². The highest BCUT2D eigenvalue weighted by molar-refractivity contribution is 9.10. The molecule has 0 aliphatic carbocycles. The van der Waals surface area contributed by atoms with Gasteiger partial charge < -0.3 is 0 Å². The molecule has 3 heteroatoms. The molecule has 0 spiro atoms. The largest absolute Gasteiger partial charge is 0.0654 e. The summed E-state index contributed by atoms with van der Waals surface area (Å²) < 4.78 is 2.19. The van der Waals surface area contributed by atoms with Gasteiger partial charge in [0.2, 0.25) is 0 Å². The molecule has 0 N–H and O–H groups in total. The number of hydrogen-bond donors (Lipinski definition) is 0. The van der Waals surface area contributed by atoms with E-state index in [1.54, 1.807) is 0 Å². The van der Waals surface area contributed by atoms with Crippen LogP contribution in [0.3, 0.4) is 0 Å². The molecule has 0 aliphatic heterocycles. The molecule has 0 radical (unpaired) electrons. The van der Waals surface area contributed by atoms with Crippen LogP contribution in [0.15, 0.2) is 136 Å². The van der Waals surface area contributed by atoms with E-state index in [-0.39, 0.29) is 0 Å². The maximum absolute atomic E-state index is 3.64. The first-order chi connectivity index (χ1) is 22.8. The average molecular weight is 763 g/mol. The third-order valence-electron chi connectivity index (χ3n) is 8.88. The molecule has 5 aromatic carbocycles. The lowest BCUT2D eigenvalue weighted by Gasteiger charge is -2.26. The van der Waals surface area contributed by atoms with E-state index in [1.165, 1.54) is 88.2 Å². The van der Waals surface area contributed by atoms with Gasteiger partial charge in [-0.2, -0.15) is 0 Å². The lowest BCUT2D eigenvalue weighted by Crippen LogP contribution is -2.28. The van der Waals surface area contributed by atoms with Gasteiger partial charge in [0.05, 0.1) is 9.52 Å². The van der Waals surface area contributed by atoms with Crippen molar-refractivity contribution in [2.45, 2.75) is 64.3 Å². The zero-order valence-corrected chi connectivity index (χ0v) is 32.6. The molecule has 47 heavy (non-hydrogen) atoms. The van der Waals surface area contributed by atoms with Crippen molar-refractivity contribution in [2.75, 3.05) is 0 Å². The summed E-state index contributed by atoms with van der Waals surface area (Å²) in [5.74, 6) is 0. The second-order valence-corrected chi connectivity index (χ2v) is 18.2. The standard InChI is InChI=1S/C44H46Br2Si/c1-4-5-6-7-14-29-44(2,3)47-43-31-33(30-41(34-15-10-8-11-16-34)36-21-25-39(45)26-22-36)19-20-38(43)32-42(35-17-12-9-13-18-35)37-23-27-40(46)28-24-37/h8-13,15-28,30-32H,4-7,14,29,47H2,1-3H3. The zero-order chi connectivity index (χ0) is 33.1. The van der Waals surface area contributed by atoms with Gasteiger partial charge in [-0.25, -0.2) is 0 Å². The predicted octanol–water partition coefficient (Wildman–Crippen LogP) is 12.7. The van der Waals surface area contributed by atoms with E-state index < -0.39 is 9.52 Å². The molecular weight excluding hydrogens is 716 g/mol. The minimum atomic E-state index is -0.635. The van der Waals surface area contributed by atoms with Crippen LogP contribution in [0.2, 0.25) is 5.04 Å². The minimum absolute atomic E-state index is 0.329. The molecule has 0 bridgehead atoms. The predicted molar refractivity (Wildman–Crippen MR) is 217 cm³/mol. The monoisotopic (exact) mass is 760 g/mol. The van der Waals surface area contributed by atoms with Crippen molar-refractivity contribution in [2.24, 2.45) is 0 Å². The van der Waals surface area contributed by atoms with Crippen molar-refractivity contribution in [1.29, 1.82) is 0 Å². The summed E-state index contributed by atoms with van der Waals surface area (Å²) in [4.78, 5) is 0. The van der Waals surface area contributed by atoms with Crippen molar-refractivity contribution in [3.8, 4) is 0 Å². The summed E-state index contributed by atoms with van der Waals surface area (Å²) in [6.07, 6.45) is 12.8. The second-order valence-electron chi connectivity index (χ2n) is 13.3. The summed E-state index contributed by atoms with van der Waals surface area (Å²) in [6.45, 7) is 7.32. The minimum Gasteiger partial charge on any atom is -0.0654 e. The third-order valence-corrected chi connectivity index (χ3v) is 12.2. The van der Waals surface area contributed by atoms with E-state index >= 15 is 0 Å². The Bertz CT molecular complexity index is 1770. The van der Waals surface area contributed by atoms with E-state index in [1.807, 2.05) is 0 Å². The quantitative estimate of drug-likeness (QED) is 0.0600. The first-order valence-corrected chi connectivity index (χ1v) is 20.0. The second kappa shape index (κ2) is 17.2. The fraction of sp³-hybridized carbons (Fsp3) is 0.227. The van der Waals surface area contributed by atoms with Crippen molar-refractivity contribution >= 4 is 69.9 Å². The normalized spacial score (nSPS) is 12.6. The van der Waals surface area contributed by atoms with Gasteiger partial charge in [-0.15, -0.1) is 0 Å². The molecule has 0 heterocycles. The van der Waals surface area contributed by atoms with Crippen LogP contribution < -0.4 is 5.19 Å². The van der Waals surface area contributed by atoms with Crippen LogP contribution in [0.5, 0.6) is 0 Å². The average Bonchev–Trinajstić information content (AvgIpc) is 3.08. The number of benzene rings is 5. The summed E-state index contributed by atoms with van der Waals surface area (Å²) in [6, 6.07) is 46.2. The summed E-state index contributed by atoms with van der Waals surface area (Å²) in [5.41, 5.74) is 10.0. The van der Waals surface area contributed by atoms with Crippen molar-refractivity contribution in [3.05, 3.63) is 170 Å². The van der Waals surface area contributed by atoms with Crippen molar-refractivity contribution in [1.82, 2.24) is 0 Å². The van der Waals surface area contributed by atoms with Gasteiger partial charge in [-0.1, -0.05) is 199 Å². The van der Waals surface area contributed by atoms with E-state index in [4.69, 9.17) is 0 Å². The molecule has 0 saturated carbocycles. The Balaban J connectivity index is 1.61. The van der Waals surface area contributed by atoms with Crippen molar-refractivity contribution in [3.63, 3.8) is 0 Å². The van der Waals surface area contributed by atoms with Crippen LogP contribution in [0, 0.1) is 0 Å². The molecule has 0 atom stereocenters. The Morgan fingerprint density at radius 1 is 0.574 bits per heavy atom. The van der Waals surface area contributed by atoms with Gasteiger partial charge in [0.25, 0.3) is 0 Å². The molecular formula is C44H46Br2Si. The van der Waals surface area contributed by atoms with Gasteiger partial charge in [0, 0.05) is 8.95 Å². The molecule has 0 amide bonds. The van der Waals surface area contributed by atoms with Crippen LogP contribution in [-0.2, 0) is 0 Å². The van der Waals surface area contributed by atoms with Crippen LogP contribution in [0.4, 0.5) is 0 Å². The molecule has 5 aromatic rings. The van der Waals surface area contributed by atoms with Crippen molar-refractivity contribution < 1.29 is 0 Å². The number of hydrogen-bond acceptors (Lipinski definition) is 0. The summed E-state index contributed by atoms with van der Waals surface area (Å²) in [5, 5.41) is 1.86. The van der Waals surface area contributed by atoms with Gasteiger partial charge in [0.1, 0.15) is 0 Å². The van der Waals surface area contributed by atoms with E-state index in [9.17, 15) is 0 Å². The molecule has 0 saturated heterocycles. The molecule has 240 valence electrons. The number of halogens is 2. The van der Waals surface area contributed by atoms with Crippen LogP contribution in [0.1, 0.15) is 92.7 Å².